The SMILES string of the molecule is C.CN(CCO)Cc1c(C(=O)c2ccc(Cl)cc2Cl)oc2cc(-c3cccc(NS(C)(=O)=O)c3)ccc12. The number of carbonyl (C=O) groups is 1. The fourth-order valence-electron chi connectivity index (χ4n) is 3.96. The van der Waals surface area contributed by atoms with Crippen LogP contribution in [0.3, 0.4) is 0 Å². The fourth-order valence-corrected chi connectivity index (χ4v) is 5.01. The largest absolute Gasteiger partial charge is 0.452 e. The van der Waals surface area contributed by atoms with Gasteiger partial charge in [-0.1, -0.05) is 54.9 Å². The van der Waals surface area contributed by atoms with Crippen molar-refractivity contribution in [2.24, 2.45) is 0 Å². The molecule has 196 valence electrons. The number of aliphatic hydroxyl groups excluding tert-OH is 1. The zero-order valence-electron chi connectivity index (χ0n) is 19.6. The van der Waals surface area contributed by atoms with E-state index in [0.717, 1.165) is 22.8 Å². The summed E-state index contributed by atoms with van der Waals surface area (Å²) in [6.07, 6.45) is 1.09. The zero-order valence-corrected chi connectivity index (χ0v) is 21.9. The summed E-state index contributed by atoms with van der Waals surface area (Å²) in [6, 6.07) is 17.2. The number of hydrogen-bond donors (Lipinski definition) is 2. The van der Waals surface area contributed by atoms with Gasteiger partial charge in [0.05, 0.1) is 17.9 Å². The second kappa shape index (κ2) is 11.7. The molecule has 4 aromatic rings. The number of nitrogens with zero attached hydrogens (tertiary/aromatic N) is 1. The number of nitrogens with one attached hydrogen (secondary N) is 1. The maximum absolute atomic E-state index is 13.5. The first-order valence-electron chi connectivity index (χ1n) is 11.0. The number of anilines is 1. The maximum atomic E-state index is 13.5. The molecule has 2 N–H and O–H groups in total. The number of sulfonamides is 1. The lowest BCUT2D eigenvalue weighted by Crippen LogP contribution is -2.22. The number of fused-ring (bicyclic) bond motifs is 1. The molecule has 0 atom stereocenters. The van der Waals surface area contributed by atoms with E-state index < -0.39 is 10.0 Å². The third-order valence-electron chi connectivity index (χ3n) is 5.58. The van der Waals surface area contributed by atoms with Crippen LogP contribution in [0.2, 0.25) is 10.0 Å². The van der Waals surface area contributed by atoms with Crippen molar-refractivity contribution in [2.45, 2.75) is 14.0 Å². The van der Waals surface area contributed by atoms with Gasteiger partial charge in [0.1, 0.15) is 5.58 Å². The average molecular weight is 564 g/mol. The van der Waals surface area contributed by atoms with E-state index >= 15 is 0 Å². The van der Waals surface area contributed by atoms with Crippen LogP contribution >= 0.6 is 23.2 Å². The number of furan rings is 1. The topological polar surface area (TPSA) is 99.8 Å². The predicted molar refractivity (Wildman–Crippen MR) is 150 cm³/mol. The molecule has 0 radical (unpaired) electrons. The molecule has 0 aliphatic rings. The Labute approximate surface area is 226 Å². The van der Waals surface area contributed by atoms with Crippen LogP contribution in [0.15, 0.2) is 65.1 Å². The first-order valence-corrected chi connectivity index (χ1v) is 13.6. The van der Waals surface area contributed by atoms with Crippen LogP contribution in [0.1, 0.15) is 29.1 Å². The van der Waals surface area contributed by atoms with Gasteiger partial charge in [0.2, 0.25) is 15.8 Å². The molecular formula is C27H28Cl2N2O5S. The Morgan fingerprint density at radius 1 is 1.05 bits per heavy atom. The monoisotopic (exact) mass is 562 g/mol. The average Bonchev–Trinajstić information content (AvgIpc) is 3.15. The number of likely N-dealkylation sites (N-methyl/N-ethyl adjacent to an activating group) is 1. The van der Waals surface area contributed by atoms with Crippen molar-refractivity contribution >= 4 is 55.7 Å². The third-order valence-corrected chi connectivity index (χ3v) is 6.74. The van der Waals surface area contributed by atoms with Gasteiger partial charge in [-0.05, 0) is 54.6 Å². The van der Waals surface area contributed by atoms with Crippen LogP contribution in [-0.4, -0.2) is 50.7 Å². The lowest BCUT2D eigenvalue weighted by atomic mass is 10.0. The van der Waals surface area contributed by atoms with Crippen LogP contribution in [0, 0.1) is 0 Å². The standard InChI is InChI=1S/C26H24Cl2N2O5S.CH4/c1-30(10-11-31)15-22-20-8-6-17(16-4-3-5-19(12-16)29-36(2,33)34)13-24(20)35-26(22)25(32)21-9-7-18(27)14-23(21)28;/h3-9,12-14,29,31H,10-11,15H2,1-2H3;1H4. The summed E-state index contributed by atoms with van der Waals surface area (Å²) in [4.78, 5) is 15.4. The Hall–Kier alpha value is -2.88. The van der Waals surface area contributed by atoms with Crippen LogP contribution in [0.5, 0.6) is 0 Å². The van der Waals surface area contributed by atoms with Crippen LogP contribution in [0.4, 0.5) is 5.69 Å². The van der Waals surface area contributed by atoms with E-state index in [0.29, 0.717) is 34.9 Å². The van der Waals surface area contributed by atoms with Crippen molar-refractivity contribution in [3.8, 4) is 11.1 Å². The van der Waals surface area contributed by atoms with Gasteiger partial charge in [0.25, 0.3) is 0 Å². The fraction of sp³-hybridized carbons (Fsp3) is 0.222. The molecular weight excluding hydrogens is 535 g/mol. The summed E-state index contributed by atoms with van der Waals surface area (Å²) in [6.45, 7) is 0.758. The highest BCUT2D eigenvalue weighted by Gasteiger charge is 2.25. The molecule has 0 fully saturated rings. The minimum atomic E-state index is -3.42. The number of benzene rings is 3. The van der Waals surface area contributed by atoms with E-state index in [9.17, 15) is 18.3 Å². The van der Waals surface area contributed by atoms with Crippen molar-refractivity contribution < 1.29 is 22.7 Å². The molecule has 3 aromatic carbocycles. The van der Waals surface area contributed by atoms with Crippen molar-refractivity contribution in [1.29, 1.82) is 0 Å². The molecule has 4 rings (SSSR count). The number of hydrogen-bond acceptors (Lipinski definition) is 6. The van der Waals surface area contributed by atoms with Crippen molar-refractivity contribution in [3.63, 3.8) is 0 Å². The van der Waals surface area contributed by atoms with E-state index in [1.165, 1.54) is 6.07 Å². The van der Waals surface area contributed by atoms with Gasteiger partial charge in [-0.3, -0.25) is 14.4 Å². The zero-order chi connectivity index (χ0) is 26.0. The highest BCUT2D eigenvalue weighted by Crippen LogP contribution is 2.34. The predicted octanol–water partition coefficient (Wildman–Crippen LogP) is 6.07. The Bertz CT molecular complexity index is 1550. The van der Waals surface area contributed by atoms with E-state index in [1.54, 1.807) is 30.3 Å². The van der Waals surface area contributed by atoms with Gasteiger partial charge < -0.3 is 9.52 Å². The molecule has 37 heavy (non-hydrogen) atoms. The number of aliphatic hydroxyl groups is 1. The van der Waals surface area contributed by atoms with Crippen molar-refractivity contribution in [1.82, 2.24) is 4.90 Å². The van der Waals surface area contributed by atoms with Gasteiger partial charge in [0.15, 0.2) is 5.76 Å². The Morgan fingerprint density at radius 3 is 2.46 bits per heavy atom. The molecule has 0 unspecified atom stereocenters. The van der Waals surface area contributed by atoms with Crippen molar-refractivity contribution in [3.05, 3.63) is 87.6 Å². The molecule has 1 aromatic heterocycles. The van der Waals surface area contributed by atoms with Crippen LogP contribution in [-0.2, 0) is 16.6 Å². The van der Waals surface area contributed by atoms with Gasteiger partial charge in [0, 0.05) is 40.3 Å². The molecule has 0 saturated carbocycles. The lowest BCUT2D eigenvalue weighted by Gasteiger charge is -2.15. The summed E-state index contributed by atoms with van der Waals surface area (Å²) in [5, 5.41) is 10.7. The van der Waals surface area contributed by atoms with E-state index in [-0.39, 0.29) is 36.2 Å². The highest BCUT2D eigenvalue weighted by molar-refractivity contribution is 7.92. The molecule has 0 spiro atoms. The minimum absolute atomic E-state index is 0. The van der Waals surface area contributed by atoms with Crippen molar-refractivity contribution in [2.75, 3.05) is 31.2 Å². The Kier molecular flexibility index (Phi) is 9.05. The third kappa shape index (κ3) is 6.71. The number of ketones is 1. The smallest absolute Gasteiger partial charge is 0.230 e. The van der Waals surface area contributed by atoms with Gasteiger partial charge in [-0.15, -0.1) is 0 Å². The number of halogens is 2. The Morgan fingerprint density at radius 2 is 1.78 bits per heavy atom. The second-order valence-electron chi connectivity index (χ2n) is 8.49. The molecule has 0 bridgehead atoms. The summed E-state index contributed by atoms with van der Waals surface area (Å²) in [5.74, 6) is -0.218. The normalized spacial score (nSPS) is 11.5. The minimum Gasteiger partial charge on any atom is -0.452 e. The first-order chi connectivity index (χ1) is 17.1. The lowest BCUT2D eigenvalue weighted by molar-refractivity contribution is 0.101. The number of carbonyl (C=O) groups excluding carboxylic acids is 1. The molecule has 0 saturated heterocycles. The molecule has 0 amide bonds. The molecule has 0 aliphatic carbocycles. The highest BCUT2D eigenvalue weighted by atomic mass is 35.5. The first kappa shape index (κ1) is 28.7. The summed E-state index contributed by atoms with van der Waals surface area (Å²) < 4.78 is 31.8. The molecule has 1 heterocycles. The summed E-state index contributed by atoms with van der Waals surface area (Å²) in [7, 11) is -1.58. The van der Waals surface area contributed by atoms with Gasteiger partial charge in [-0.2, -0.15) is 0 Å². The van der Waals surface area contributed by atoms with Gasteiger partial charge in [-0.25, -0.2) is 8.42 Å². The summed E-state index contributed by atoms with van der Waals surface area (Å²) >= 11 is 12.3. The van der Waals surface area contributed by atoms with E-state index in [1.807, 2.05) is 36.2 Å². The van der Waals surface area contributed by atoms with Crippen LogP contribution < -0.4 is 4.72 Å². The number of rotatable bonds is 9. The van der Waals surface area contributed by atoms with Gasteiger partial charge >= 0.3 is 0 Å². The molecule has 0 aliphatic heterocycles. The molecule has 7 nitrogen and oxygen atoms in total. The maximum Gasteiger partial charge on any atom is 0.230 e. The summed E-state index contributed by atoms with van der Waals surface area (Å²) in [5.41, 5.74) is 3.44. The van der Waals surface area contributed by atoms with Crippen LogP contribution in [0.25, 0.3) is 22.1 Å². The van der Waals surface area contributed by atoms with E-state index in [4.69, 9.17) is 27.6 Å². The second-order valence-corrected chi connectivity index (χ2v) is 11.1. The van der Waals surface area contributed by atoms with E-state index in [2.05, 4.69) is 4.72 Å². The molecule has 10 heteroatoms. The Balaban J connectivity index is 0.00000380. The quantitative estimate of drug-likeness (QED) is 0.240.